The Labute approximate surface area is 153 Å². The third-order valence-electron chi connectivity index (χ3n) is 3.75. The highest BCUT2D eigenvalue weighted by Crippen LogP contribution is 2.52. The van der Waals surface area contributed by atoms with E-state index in [-0.39, 0.29) is 22.1 Å². The van der Waals surface area contributed by atoms with Gasteiger partial charge in [0.15, 0.2) is 17.5 Å². The maximum absolute atomic E-state index is 13.8. The molecule has 2 amide bonds. The van der Waals surface area contributed by atoms with Gasteiger partial charge in [0.25, 0.3) is 5.91 Å². The number of hydrogen-bond donors (Lipinski definition) is 0. The maximum atomic E-state index is 13.8. The van der Waals surface area contributed by atoms with Gasteiger partial charge in [0, 0.05) is 5.56 Å². The zero-order valence-corrected chi connectivity index (χ0v) is 15.7. The molecule has 150 valence electrons. The molecule has 0 aliphatic carbocycles. The van der Waals surface area contributed by atoms with E-state index in [0.29, 0.717) is 0 Å². The van der Waals surface area contributed by atoms with Crippen LogP contribution in [0.15, 0.2) is 6.07 Å². The van der Waals surface area contributed by atoms with Crippen LogP contribution in [0.3, 0.4) is 0 Å². The number of fused-ring (bicyclic) bond motifs is 1. The number of carbonyl (C=O) groups is 2. The molecule has 0 saturated carbocycles. The minimum Gasteiger partial charge on any atom is -0.493 e. The summed E-state index contributed by atoms with van der Waals surface area (Å²) in [6.07, 6.45) is -6.35. The molecular formula is C17H20F3NO6. The number of alkyl halides is 3. The minimum atomic E-state index is -4.94. The first-order chi connectivity index (χ1) is 12.4. The smallest absolute Gasteiger partial charge is 0.418 e. The summed E-state index contributed by atoms with van der Waals surface area (Å²) in [5, 5.41) is 0. The van der Waals surface area contributed by atoms with Gasteiger partial charge < -0.3 is 18.9 Å². The molecule has 1 aliphatic heterocycles. The summed E-state index contributed by atoms with van der Waals surface area (Å²) < 4.78 is 61.7. The van der Waals surface area contributed by atoms with E-state index in [4.69, 9.17) is 18.9 Å². The zero-order chi connectivity index (χ0) is 20.7. The summed E-state index contributed by atoms with van der Waals surface area (Å²) >= 11 is 0. The highest BCUT2D eigenvalue weighted by molar-refractivity contribution is 6.10. The lowest BCUT2D eigenvalue weighted by molar-refractivity contribution is -0.174. The monoisotopic (exact) mass is 391 g/mol. The molecule has 0 saturated heterocycles. The van der Waals surface area contributed by atoms with Crippen molar-refractivity contribution in [1.82, 2.24) is 4.90 Å². The predicted molar refractivity (Wildman–Crippen MR) is 87.3 cm³/mol. The number of methoxy groups -OCH3 is 3. The molecule has 2 rings (SSSR count). The minimum absolute atomic E-state index is 0.0390. The number of hydrogen-bond acceptors (Lipinski definition) is 6. The molecule has 0 bridgehead atoms. The number of imide groups is 1. The average molecular weight is 391 g/mol. The van der Waals surface area contributed by atoms with Gasteiger partial charge in [0.2, 0.25) is 5.75 Å². The van der Waals surface area contributed by atoms with Crippen molar-refractivity contribution < 1.29 is 41.7 Å². The van der Waals surface area contributed by atoms with Crippen LogP contribution in [0.2, 0.25) is 0 Å². The van der Waals surface area contributed by atoms with Crippen molar-refractivity contribution in [2.75, 3.05) is 21.3 Å². The van der Waals surface area contributed by atoms with Crippen LogP contribution in [-0.2, 0) is 4.74 Å². The van der Waals surface area contributed by atoms with E-state index in [1.165, 1.54) is 42.1 Å². The normalized spacial score (nSPS) is 16.9. The molecule has 27 heavy (non-hydrogen) atoms. The summed E-state index contributed by atoms with van der Waals surface area (Å²) in [7, 11) is 3.65. The molecule has 0 radical (unpaired) electrons. The van der Waals surface area contributed by atoms with Crippen molar-refractivity contribution in [2.45, 2.75) is 38.6 Å². The molecule has 0 unspecified atom stereocenters. The zero-order valence-electron chi connectivity index (χ0n) is 15.7. The highest BCUT2D eigenvalue weighted by atomic mass is 19.4. The first-order valence-corrected chi connectivity index (χ1v) is 7.83. The SMILES string of the molecule is COc1cc2c(c(OC)c1OC)C(=O)N(C(=O)OC(C)(C)C)[C@@H]2C(F)(F)F. The number of carbonyl (C=O) groups excluding carboxylic acids is 2. The Morgan fingerprint density at radius 1 is 1.04 bits per heavy atom. The highest BCUT2D eigenvalue weighted by Gasteiger charge is 2.57. The molecule has 0 aromatic heterocycles. The first kappa shape index (κ1) is 20.7. The lowest BCUT2D eigenvalue weighted by Gasteiger charge is -2.28. The van der Waals surface area contributed by atoms with Crippen LogP contribution >= 0.6 is 0 Å². The second-order valence-corrected chi connectivity index (χ2v) is 6.71. The third kappa shape index (κ3) is 3.60. The molecule has 1 aliphatic rings. The fourth-order valence-corrected chi connectivity index (χ4v) is 2.81. The lowest BCUT2D eigenvalue weighted by Crippen LogP contribution is -2.43. The van der Waals surface area contributed by atoms with Crippen molar-refractivity contribution in [2.24, 2.45) is 0 Å². The first-order valence-electron chi connectivity index (χ1n) is 7.83. The van der Waals surface area contributed by atoms with Crippen LogP contribution < -0.4 is 14.2 Å². The molecule has 1 heterocycles. The van der Waals surface area contributed by atoms with Crippen molar-refractivity contribution in [3.8, 4) is 17.2 Å². The molecule has 0 N–H and O–H groups in total. The average Bonchev–Trinajstić information content (AvgIpc) is 2.84. The standard InChI is InChI=1S/C17H20F3NO6/c1-16(2,3)27-15(23)21-13(17(18,19)20)8-7-9(24-4)11(25-5)12(26-6)10(8)14(21)22/h7,13H,1-6H3/t13-/m0/s1. The van der Waals surface area contributed by atoms with Gasteiger partial charge >= 0.3 is 12.3 Å². The molecule has 1 aromatic rings. The van der Waals surface area contributed by atoms with E-state index >= 15 is 0 Å². The van der Waals surface area contributed by atoms with Crippen molar-refractivity contribution in [3.05, 3.63) is 17.2 Å². The Hall–Kier alpha value is -2.65. The van der Waals surface area contributed by atoms with E-state index in [0.717, 1.165) is 6.07 Å². The summed E-state index contributed by atoms with van der Waals surface area (Å²) in [6.45, 7) is 4.44. The molecule has 0 spiro atoms. The van der Waals surface area contributed by atoms with Gasteiger partial charge in [-0.05, 0) is 26.8 Å². The van der Waals surface area contributed by atoms with Crippen molar-refractivity contribution in [3.63, 3.8) is 0 Å². The van der Waals surface area contributed by atoms with Gasteiger partial charge in [-0.3, -0.25) is 4.79 Å². The van der Waals surface area contributed by atoms with E-state index in [2.05, 4.69) is 0 Å². The summed E-state index contributed by atoms with van der Waals surface area (Å²) in [6, 6.07) is -1.53. The fourth-order valence-electron chi connectivity index (χ4n) is 2.81. The van der Waals surface area contributed by atoms with E-state index in [1.807, 2.05) is 0 Å². The number of halogens is 3. The number of amides is 2. The molecular weight excluding hydrogens is 371 g/mol. The molecule has 1 aromatic carbocycles. The van der Waals surface area contributed by atoms with Crippen LogP contribution in [0.1, 0.15) is 42.7 Å². The molecule has 10 heteroatoms. The number of ether oxygens (including phenoxy) is 4. The lowest BCUT2D eigenvalue weighted by atomic mass is 10.0. The maximum Gasteiger partial charge on any atom is 0.418 e. The van der Waals surface area contributed by atoms with E-state index in [9.17, 15) is 22.8 Å². The number of benzene rings is 1. The largest absolute Gasteiger partial charge is 0.493 e. The fraction of sp³-hybridized carbons (Fsp3) is 0.529. The quantitative estimate of drug-likeness (QED) is 0.782. The van der Waals surface area contributed by atoms with Crippen LogP contribution in [0.4, 0.5) is 18.0 Å². The van der Waals surface area contributed by atoms with Gasteiger partial charge in [-0.2, -0.15) is 13.2 Å². The summed E-state index contributed by atoms with van der Waals surface area (Å²) in [4.78, 5) is 25.2. The number of rotatable bonds is 3. The van der Waals surface area contributed by atoms with E-state index < -0.39 is 40.9 Å². The van der Waals surface area contributed by atoms with Gasteiger partial charge in [-0.1, -0.05) is 0 Å². The predicted octanol–water partition coefficient (Wildman–Crippen LogP) is 3.71. The Kier molecular flexibility index (Phi) is 5.22. The van der Waals surface area contributed by atoms with Crippen LogP contribution in [0.25, 0.3) is 0 Å². The van der Waals surface area contributed by atoms with Crippen LogP contribution in [0.5, 0.6) is 17.2 Å². The third-order valence-corrected chi connectivity index (χ3v) is 3.75. The Balaban J connectivity index is 2.74. The van der Waals surface area contributed by atoms with Crippen molar-refractivity contribution in [1.29, 1.82) is 0 Å². The van der Waals surface area contributed by atoms with Gasteiger partial charge in [0.1, 0.15) is 5.60 Å². The summed E-state index contributed by atoms with van der Waals surface area (Å²) in [5.41, 5.74) is -2.00. The van der Waals surface area contributed by atoms with Crippen LogP contribution in [-0.4, -0.2) is 50.0 Å². The van der Waals surface area contributed by atoms with Crippen molar-refractivity contribution >= 4 is 12.0 Å². The molecule has 0 fully saturated rings. The second-order valence-electron chi connectivity index (χ2n) is 6.71. The topological polar surface area (TPSA) is 74.3 Å². The molecule has 1 atom stereocenters. The van der Waals surface area contributed by atoms with Crippen LogP contribution in [0, 0.1) is 0 Å². The molecule has 7 nitrogen and oxygen atoms in total. The van der Waals surface area contributed by atoms with Gasteiger partial charge in [-0.15, -0.1) is 0 Å². The Morgan fingerprint density at radius 2 is 1.59 bits per heavy atom. The Bertz CT molecular complexity index is 769. The van der Waals surface area contributed by atoms with Gasteiger partial charge in [-0.25, -0.2) is 9.69 Å². The Morgan fingerprint density at radius 3 is 2.00 bits per heavy atom. The second kappa shape index (κ2) is 6.82. The summed E-state index contributed by atoms with van der Waals surface area (Å²) in [5.74, 6) is -1.57. The number of nitrogens with zero attached hydrogens (tertiary/aromatic N) is 1. The van der Waals surface area contributed by atoms with E-state index in [1.54, 1.807) is 0 Å². The van der Waals surface area contributed by atoms with Gasteiger partial charge in [0.05, 0.1) is 26.9 Å².